The maximum Gasteiger partial charge on any atom is 0.303 e. The standard InChI is InChI=1S/C74H96N2O36S2/c1-35(77)93-31-53-59(97-39(5)81)63(99-41(7)83)67(103-45(11)87)71(107-53)111-61-55(33-95-37(3)79)109-73(69(105-47(13)89)65(61)101-43(9)85)113-51-27-23-49(24-28-51)75-57(91)21-19-17-15-16-18-20-22-58(92)76-50-25-29-52(30-26-50)114-74-70(106-48(14)90)66(102-44(10)86)62(56(110-74)34-96-38(4)80)112-72-68(104-46(12)88)64(100-42(8)84)60(98-40(6)82)54(108-72)32-94-36(2)78/h23-30,53-56,59-74H,15-22,31-34H2,1-14H3,(H,75,91)(H,76,92)/t53-,54-,55-,56-,59-,60-,61-,62-,63+,64+,65+,66+,67-,68-,69-,70-,71-,72-,73+,74+/m1/s1. The molecular weight excluding hydrogens is 1560 g/mol. The number of carbonyl (C=O) groups excluding carboxylic acids is 16. The van der Waals surface area contributed by atoms with Crippen molar-refractivity contribution in [2.45, 2.75) is 279 Å². The number of nitrogens with one attached hydrogen (secondary N) is 2. The van der Waals surface area contributed by atoms with Crippen LogP contribution in [0.5, 0.6) is 0 Å². The summed E-state index contributed by atoms with van der Waals surface area (Å²) in [5.74, 6) is -12.8. The van der Waals surface area contributed by atoms with Crippen LogP contribution in [0.4, 0.5) is 11.4 Å². The van der Waals surface area contributed by atoms with Gasteiger partial charge in [0.2, 0.25) is 11.8 Å². The molecule has 0 radical (unpaired) electrons. The van der Waals surface area contributed by atoms with Gasteiger partial charge in [-0.1, -0.05) is 49.2 Å². The van der Waals surface area contributed by atoms with E-state index in [4.69, 9.17) is 94.7 Å². The summed E-state index contributed by atoms with van der Waals surface area (Å²) in [6.07, 6.45) is -24.7. The zero-order valence-electron chi connectivity index (χ0n) is 65.2. The second kappa shape index (κ2) is 45.5. The number of unbranched alkanes of at least 4 members (excludes halogenated alkanes) is 5. The molecule has 2 amide bonds. The summed E-state index contributed by atoms with van der Waals surface area (Å²) in [6, 6.07) is 13.0. The number of hydrogen-bond donors (Lipinski definition) is 2. The number of anilines is 2. The van der Waals surface area contributed by atoms with Gasteiger partial charge in [0, 0.05) is 131 Å². The minimum absolute atomic E-state index is 0.183. The lowest BCUT2D eigenvalue weighted by atomic mass is 9.96. The van der Waals surface area contributed by atoms with E-state index in [0.29, 0.717) is 46.8 Å². The molecule has 4 heterocycles. The first kappa shape index (κ1) is 93.3. The van der Waals surface area contributed by atoms with E-state index in [0.717, 1.165) is 133 Å². The van der Waals surface area contributed by atoms with Crippen molar-refractivity contribution in [1.29, 1.82) is 0 Å². The summed E-state index contributed by atoms with van der Waals surface area (Å²) < 4.78 is 116. The van der Waals surface area contributed by atoms with Gasteiger partial charge in [-0.2, -0.15) is 0 Å². The van der Waals surface area contributed by atoms with Crippen LogP contribution in [0.2, 0.25) is 0 Å². The molecule has 6 rings (SSSR count). The summed E-state index contributed by atoms with van der Waals surface area (Å²) in [6.45, 7) is 12.4. The molecule has 114 heavy (non-hydrogen) atoms. The highest BCUT2D eigenvalue weighted by molar-refractivity contribution is 8.00. The average molecular weight is 1650 g/mol. The number of rotatable bonds is 37. The van der Waals surface area contributed by atoms with Gasteiger partial charge in [-0.25, -0.2) is 0 Å². The quantitative estimate of drug-likeness (QED) is 0.0520. The molecule has 0 saturated carbocycles. The van der Waals surface area contributed by atoms with Crippen molar-refractivity contribution in [3.05, 3.63) is 48.5 Å². The van der Waals surface area contributed by atoms with E-state index >= 15 is 0 Å². The zero-order chi connectivity index (χ0) is 84.2. The molecule has 0 aliphatic carbocycles. The molecule has 20 atom stereocenters. The molecule has 4 saturated heterocycles. The Labute approximate surface area is 663 Å². The number of esters is 14. The van der Waals surface area contributed by atoms with Gasteiger partial charge < -0.3 is 105 Å². The Hall–Kier alpha value is -9.58. The van der Waals surface area contributed by atoms with Crippen molar-refractivity contribution in [2.24, 2.45) is 0 Å². The van der Waals surface area contributed by atoms with Crippen LogP contribution in [0, 0.1) is 0 Å². The normalized spacial score (nSPS) is 27.0. The number of ether oxygens (including phenoxy) is 20. The summed E-state index contributed by atoms with van der Waals surface area (Å²) in [7, 11) is 0. The van der Waals surface area contributed by atoms with E-state index in [1.165, 1.54) is 0 Å². The summed E-state index contributed by atoms with van der Waals surface area (Å²) >= 11 is 1.98. The number of amides is 2. The smallest absolute Gasteiger partial charge is 0.303 e. The minimum atomic E-state index is -1.87. The Morgan fingerprint density at radius 2 is 0.500 bits per heavy atom. The van der Waals surface area contributed by atoms with Crippen LogP contribution >= 0.6 is 23.5 Å². The van der Waals surface area contributed by atoms with Gasteiger partial charge >= 0.3 is 83.6 Å². The minimum Gasteiger partial charge on any atom is -0.463 e. The summed E-state index contributed by atoms with van der Waals surface area (Å²) in [5, 5.41) is 5.72. The molecule has 4 fully saturated rings. The Morgan fingerprint density at radius 3 is 0.763 bits per heavy atom. The highest BCUT2D eigenvalue weighted by Gasteiger charge is 2.60. The van der Waals surface area contributed by atoms with E-state index in [1.807, 2.05) is 0 Å². The molecule has 40 heteroatoms. The van der Waals surface area contributed by atoms with Crippen molar-refractivity contribution in [2.75, 3.05) is 37.1 Å². The first-order valence-electron chi connectivity index (χ1n) is 36.2. The topological polar surface area (TPSA) is 482 Å². The Bertz CT molecular complexity index is 3470. The molecule has 0 aromatic heterocycles. The Morgan fingerprint density at radius 1 is 0.272 bits per heavy atom. The van der Waals surface area contributed by atoms with Crippen molar-refractivity contribution >= 4 is 130 Å². The largest absolute Gasteiger partial charge is 0.463 e. The van der Waals surface area contributed by atoms with E-state index in [-0.39, 0.29) is 24.7 Å². The number of carbonyl (C=O) groups is 16. The van der Waals surface area contributed by atoms with Gasteiger partial charge in [0.15, 0.2) is 73.6 Å². The second-order valence-electron chi connectivity index (χ2n) is 26.3. The summed E-state index contributed by atoms with van der Waals surface area (Å²) in [4.78, 5) is 203. The molecule has 4 aliphatic rings. The monoisotopic (exact) mass is 1650 g/mol. The van der Waals surface area contributed by atoms with Gasteiger partial charge in [0.25, 0.3) is 0 Å². The lowest BCUT2D eigenvalue weighted by Gasteiger charge is -2.48. The highest BCUT2D eigenvalue weighted by Crippen LogP contribution is 2.43. The van der Waals surface area contributed by atoms with Crippen molar-refractivity contribution in [3.8, 4) is 0 Å². The lowest BCUT2D eigenvalue weighted by molar-refractivity contribution is -0.341. The number of benzene rings is 2. The molecule has 0 bridgehead atoms. The maximum atomic E-state index is 13.2. The zero-order valence-corrected chi connectivity index (χ0v) is 66.8. The van der Waals surface area contributed by atoms with Gasteiger partial charge in [-0.15, -0.1) is 0 Å². The fourth-order valence-electron chi connectivity index (χ4n) is 12.4. The highest BCUT2D eigenvalue weighted by atomic mass is 32.2. The third-order valence-electron chi connectivity index (χ3n) is 16.6. The predicted molar refractivity (Wildman–Crippen MR) is 385 cm³/mol. The Balaban J connectivity index is 1.04. The molecule has 38 nitrogen and oxygen atoms in total. The predicted octanol–water partition coefficient (Wildman–Crippen LogP) is 4.81. The fraction of sp³-hybridized carbons (Fsp3) is 0.622. The first-order valence-corrected chi connectivity index (χ1v) is 37.9. The van der Waals surface area contributed by atoms with E-state index in [9.17, 15) is 76.7 Å². The Kier molecular flexibility index (Phi) is 37.2. The van der Waals surface area contributed by atoms with Crippen LogP contribution in [0.1, 0.15) is 148 Å². The van der Waals surface area contributed by atoms with Crippen LogP contribution in [0.15, 0.2) is 58.3 Å². The molecule has 630 valence electrons. The first-order chi connectivity index (χ1) is 53.8. The van der Waals surface area contributed by atoms with Crippen molar-refractivity contribution < 1.29 is 171 Å². The van der Waals surface area contributed by atoms with Gasteiger partial charge in [-0.05, 0) is 61.4 Å². The molecule has 0 spiro atoms. The molecule has 2 aromatic rings. The second-order valence-corrected chi connectivity index (χ2v) is 28.7. The fourth-order valence-corrected chi connectivity index (χ4v) is 14.6. The SMILES string of the molecule is CC(=O)OC[C@H]1O[C@@H](Sc2ccc(NC(=O)CCCCCCCCC(=O)Nc3ccc(S[C@@H]4O[C@H](COC(C)=O)[C@@H](O[C@H]5O[C@H](COC(C)=O)[C@@H](OC(C)=O)[C@H](OC(C)=O)[C@H]5OC(C)=O)[C@H](OC(C)=O)[C@H]4OC(C)=O)cc3)cc2)[C@H](OC(C)=O)[C@@H](OC(C)=O)[C@@H]1O[C@H]1O[C@H](COC(C)=O)[C@@H](OC(C)=O)[C@H](OC(C)=O)[C@H]1OC(C)=O. The maximum absolute atomic E-state index is 13.2. The van der Waals surface area contributed by atoms with Gasteiger partial charge in [0.1, 0.15) is 73.9 Å². The van der Waals surface area contributed by atoms with Gasteiger partial charge in [0.05, 0.1) is 0 Å². The molecule has 2 aromatic carbocycles. The molecular formula is C74H96N2O36S2. The van der Waals surface area contributed by atoms with Crippen molar-refractivity contribution in [3.63, 3.8) is 0 Å². The van der Waals surface area contributed by atoms with Crippen LogP contribution in [0.3, 0.4) is 0 Å². The van der Waals surface area contributed by atoms with Crippen LogP contribution in [-0.2, 0) is 171 Å². The molecule has 0 unspecified atom stereocenters. The number of hydrogen-bond acceptors (Lipinski definition) is 38. The summed E-state index contributed by atoms with van der Waals surface area (Å²) in [5.41, 5.74) is -1.66. The van der Waals surface area contributed by atoms with Crippen molar-refractivity contribution in [1.82, 2.24) is 0 Å². The average Bonchev–Trinajstić information content (AvgIpc) is 0.768. The van der Waals surface area contributed by atoms with E-state index in [2.05, 4.69) is 10.6 Å². The third kappa shape index (κ3) is 30.6. The third-order valence-corrected chi connectivity index (χ3v) is 18.9. The molecule has 4 aliphatic heterocycles. The number of thioether (sulfide) groups is 2. The van der Waals surface area contributed by atoms with E-state index < -0.39 is 231 Å². The van der Waals surface area contributed by atoms with Crippen LogP contribution in [-0.4, -0.2) is 243 Å². The van der Waals surface area contributed by atoms with E-state index in [1.54, 1.807) is 48.5 Å². The van der Waals surface area contributed by atoms with Crippen LogP contribution < -0.4 is 10.6 Å². The lowest BCUT2D eigenvalue weighted by Crippen LogP contribution is -2.66. The van der Waals surface area contributed by atoms with Crippen LogP contribution in [0.25, 0.3) is 0 Å². The van der Waals surface area contributed by atoms with Gasteiger partial charge in [-0.3, -0.25) is 76.7 Å². The molecule has 2 N–H and O–H groups in total.